The number of carbonyl (C=O) groups excluding carboxylic acids is 2. The second-order valence-electron chi connectivity index (χ2n) is 7.68. The Labute approximate surface area is 192 Å². The molecule has 3 aromatic rings. The molecule has 7 heteroatoms. The summed E-state index contributed by atoms with van der Waals surface area (Å²) in [4.78, 5) is 27.7. The fourth-order valence-electron chi connectivity index (χ4n) is 3.76. The Bertz CT molecular complexity index is 1100. The van der Waals surface area contributed by atoms with E-state index in [0.29, 0.717) is 28.5 Å². The minimum atomic E-state index is -0.406. The van der Waals surface area contributed by atoms with Gasteiger partial charge in [0, 0.05) is 41.7 Å². The molecule has 0 spiro atoms. The van der Waals surface area contributed by atoms with Crippen LogP contribution < -0.4 is 20.9 Å². The van der Waals surface area contributed by atoms with Crippen molar-refractivity contribution < 1.29 is 9.59 Å². The molecule has 3 amide bonds. The van der Waals surface area contributed by atoms with Gasteiger partial charge in [-0.1, -0.05) is 48.0 Å². The minimum Gasteiger partial charge on any atom is -0.371 e. The maximum Gasteiger partial charge on any atom is 0.323 e. The number of halogens is 1. The summed E-state index contributed by atoms with van der Waals surface area (Å²) in [7, 11) is 0. The lowest BCUT2D eigenvalue weighted by atomic mass is 10.1. The van der Waals surface area contributed by atoms with Gasteiger partial charge >= 0.3 is 6.03 Å². The van der Waals surface area contributed by atoms with E-state index in [1.807, 2.05) is 42.5 Å². The molecule has 3 N–H and O–H groups in total. The van der Waals surface area contributed by atoms with Gasteiger partial charge in [0.2, 0.25) is 0 Å². The van der Waals surface area contributed by atoms with Gasteiger partial charge in [0.1, 0.15) is 0 Å². The first-order chi connectivity index (χ1) is 15.6. The Hall–Kier alpha value is -3.51. The van der Waals surface area contributed by atoms with Crippen LogP contribution in [0.4, 0.5) is 21.9 Å². The Kier molecular flexibility index (Phi) is 6.92. The Morgan fingerprint density at radius 3 is 2.28 bits per heavy atom. The fraction of sp³-hybridized carbons (Fsp3) is 0.200. The summed E-state index contributed by atoms with van der Waals surface area (Å²) >= 11 is 5.98. The molecule has 164 valence electrons. The van der Waals surface area contributed by atoms with Crippen molar-refractivity contribution in [3.63, 3.8) is 0 Å². The van der Waals surface area contributed by atoms with Crippen molar-refractivity contribution in [3.8, 4) is 0 Å². The van der Waals surface area contributed by atoms with Gasteiger partial charge in [-0.2, -0.15) is 0 Å². The highest BCUT2D eigenvalue weighted by Gasteiger charge is 2.20. The van der Waals surface area contributed by atoms with Crippen molar-refractivity contribution in [3.05, 3.63) is 88.9 Å². The molecule has 0 aliphatic carbocycles. The van der Waals surface area contributed by atoms with Crippen LogP contribution in [0.15, 0.2) is 72.8 Å². The lowest BCUT2D eigenvalue weighted by Gasteiger charge is -2.22. The maximum atomic E-state index is 13.1. The first-order valence-electron chi connectivity index (χ1n) is 10.6. The number of amides is 3. The van der Waals surface area contributed by atoms with E-state index in [0.717, 1.165) is 37.2 Å². The van der Waals surface area contributed by atoms with Crippen LogP contribution in [0.5, 0.6) is 0 Å². The van der Waals surface area contributed by atoms with E-state index >= 15 is 0 Å². The van der Waals surface area contributed by atoms with Gasteiger partial charge in [0.25, 0.3) is 5.91 Å². The molecule has 1 aliphatic rings. The normalized spacial score (nSPS) is 13.0. The molecule has 0 atom stereocenters. The average molecular weight is 449 g/mol. The monoisotopic (exact) mass is 448 g/mol. The molecule has 1 fully saturated rings. The van der Waals surface area contributed by atoms with Crippen LogP contribution in [0.1, 0.15) is 28.8 Å². The van der Waals surface area contributed by atoms with Crippen molar-refractivity contribution in [1.82, 2.24) is 5.32 Å². The topological polar surface area (TPSA) is 73.5 Å². The Balaban J connectivity index is 1.50. The highest BCUT2D eigenvalue weighted by Crippen LogP contribution is 2.28. The SMILES string of the molecule is O=C(Nc1cccc(Cl)c1)Nc1ccc(N2CCCC2)c(C(=O)NCc2ccccc2)c1. The summed E-state index contributed by atoms with van der Waals surface area (Å²) < 4.78 is 0. The van der Waals surface area contributed by atoms with Crippen molar-refractivity contribution in [2.75, 3.05) is 28.6 Å². The van der Waals surface area contributed by atoms with Crippen LogP contribution in [0.2, 0.25) is 5.02 Å². The zero-order valence-electron chi connectivity index (χ0n) is 17.6. The third kappa shape index (κ3) is 5.59. The predicted molar refractivity (Wildman–Crippen MR) is 130 cm³/mol. The minimum absolute atomic E-state index is 0.172. The largest absolute Gasteiger partial charge is 0.371 e. The van der Waals surface area contributed by atoms with Crippen molar-refractivity contribution in [2.24, 2.45) is 0 Å². The highest BCUT2D eigenvalue weighted by molar-refractivity contribution is 6.30. The lowest BCUT2D eigenvalue weighted by Crippen LogP contribution is -2.27. The van der Waals surface area contributed by atoms with E-state index in [1.165, 1.54) is 0 Å². The molecule has 1 saturated heterocycles. The number of hydrogen-bond acceptors (Lipinski definition) is 3. The molecule has 4 rings (SSSR count). The third-order valence-electron chi connectivity index (χ3n) is 5.32. The molecule has 1 heterocycles. The molecule has 32 heavy (non-hydrogen) atoms. The van der Waals surface area contributed by atoms with Crippen LogP contribution in [-0.2, 0) is 6.54 Å². The van der Waals surface area contributed by atoms with Gasteiger partial charge < -0.3 is 20.9 Å². The molecule has 3 aromatic carbocycles. The van der Waals surface area contributed by atoms with E-state index in [1.54, 1.807) is 30.3 Å². The zero-order chi connectivity index (χ0) is 22.3. The molecule has 0 unspecified atom stereocenters. The summed E-state index contributed by atoms with van der Waals surface area (Å²) in [5, 5.41) is 9.09. The summed E-state index contributed by atoms with van der Waals surface area (Å²) in [6, 6.07) is 21.7. The van der Waals surface area contributed by atoms with Crippen LogP contribution in [0.25, 0.3) is 0 Å². The van der Waals surface area contributed by atoms with Crippen LogP contribution in [0.3, 0.4) is 0 Å². The highest BCUT2D eigenvalue weighted by atomic mass is 35.5. The number of benzene rings is 3. The third-order valence-corrected chi connectivity index (χ3v) is 5.56. The summed E-state index contributed by atoms with van der Waals surface area (Å²) in [5.74, 6) is -0.172. The van der Waals surface area contributed by atoms with E-state index < -0.39 is 6.03 Å². The van der Waals surface area contributed by atoms with Crippen molar-refractivity contribution in [1.29, 1.82) is 0 Å². The molecular formula is C25H25ClN4O2. The maximum absolute atomic E-state index is 13.1. The zero-order valence-corrected chi connectivity index (χ0v) is 18.4. The second kappa shape index (κ2) is 10.2. The number of anilines is 3. The average Bonchev–Trinajstić information content (AvgIpc) is 3.33. The summed E-state index contributed by atoms with van der Waals surface area (Å²) in [6.07, 6.45) is 2.21. The Morgan fingerprint density at radius 1 is 0.844 bits per heavy atom. The quantitative estimate of drug-likeness (QED) is 0.465. The lowest BCUT2D eigenvalue weighted by molar-refractivity contribution is 0.0951. The smallest absolute Gasteiger partial charge is 0.323 e. The number of carbonyl (C=O) groups is 2. The van der Waals surface area contributed by atoms with E-state index in [4.69, 9.17) is 11.6 Å². The van der Waals surface area contributed by atoms with Gasteiger partial charge in [-0.15, -0.1) is 0 Å². The summed E-state index contributed by atoms with van der Waals surface area (Å²) in [6.45, 7) is 2.27. The molecule has 1 aliphatic heterocycles. The molecule has 0 radical (unpaired) electrons. The van der Waals surface area contributed by atoms with E-state index in [-0.39, 0.29) is 5.91 Å². The van der Waals surface area contributed by atoms with Crippen LogP contribution in [-0.4, -0.2) is 25.0 Å². The van der Waals surface area contributed by atoms with Crippen LogP contribution in [0, 0.1) is 0 Å². The van der Waals surface area contributed by atoms with Gasteiger partial charge in [-0.25, -0.2) is 4.79 Å². The predicted octanol–water partition coefficient (Wildman–Crippen LogP) is 5.51. The Morgan fingerprint density at radius 2 is 1.56 bits per heavy atom. The molecule has 0 bridgehead atoms. The number of rotatable bonds is 6. The molecule has 6 nitrogen and oxygen atoms in total. The van der Waals surface area contributed by atoms with Crippen LogP contribution >= 0.6 is 11.6 Å². The number of nitrogens with zero attached hydrogens (tertiary/aromatic N) is 1. The number of urea groups is 1. The van der Waals surface area contributed by atoms with Gasteiger partial charge in [0.05, 0.1) is 5.56 Å². The first-order valence-corrected chi connectivity index (χ1v) is 11.0. The van der Waals surface area contributed by atoms with Crippen molar-refractivity contribution >= 4 is 40.6 Å². The van der Waals surface area contributed by atoms with Gasteiger partial charge in [-0.3, -0.25) is 4.79 Å². The number of nitrogens with one attached hydrogen (secondary N) is 3. The van der Waals surface area contributed by atoms with Crippen molar-refractivity contribution in [2.45, 2.75) is 19.4 Å². The fourth-order valence-corrected chi connectivity index (χ4v) is 3.95. The van der Waals surface area contributed by atoms with Gasteiger partial charge in [-0.05, 0) is 54.8 Å². The van der Waals surface area contributed by atoms with E-state index in [9.17, 15) is 9.59 Å². The summed E-state index contributed by atoms with van der Waals surface area (Å²) in [5.41, 5.74) is 3.58. The first kappa shape index (κ1) is 21.7. The molecule has 0 saturated carbocycles. The molecule has 0 aromatic heterocycles. The number of hydrogen-bond donors (Lipinski definition) is 3. The standard InChI is InChI=1S/C25H25ClN4O2/c26-19-9-6-10-20(15-19)28-25(32)29-21-11-12-23(30-13-4-5-14-30)22(16-21)24(31)27-17-18-7-2-1-3-8-18/h1-3,6-12,15-16H,4-5,13-14,17H2,(H,27,31)(H2,28,29,32). The second-order valence-corrected chi connectivity index (χ2v) is 8.12. The van der Waals surface area contributed by atoms with E-state index in [2.05, 4.69) is 20.9 Å². The molecular weight excluding hydrogens is 424 g/mol. The van der Waals surface area contributed by atoms with Gasteiger partial charge in [0.15, 0.2) is 0 Å².